The standard InChI is InChI=1S/C21H26ClNO2/c1-15-7-12-19(18(22)14-15)23-20(24)6-5-13-25-17-10-8-16(9-11-17)21(2,3)4/h7-12,14H,5-6,13H2,1-4H3,(H,23,24). The minimum absolute atomic E-state index is 0.0579. The van der Waals surface area contributed by atoms with Crippen LogP contribution in [-0.2, 0) is 10.2 Å². The van der Waals surface area contributed by atoms with Crippen LogP contribution in [0, 0.1) is 6.92 Å². The predicted molar refractivity (Wildman–Crippen MR) is 105 cm³/mol. The maximum absolute atomic E-state index is 12.0. The van der Waals surface area contributed by atoms with E-state index >= 15 is 0 Å². The van der Waals surface area contributed by atoms with Crippen molar-refractivity contribution < 1.29 is 9.53 Å². The van der Waals surface area contributed by atoms with E-state index in [4.69, 9.17) is 16.3 Å². The van der Waals surface area contributed by atoms with Gasteiger partial charge in [-0.1, -0.05) is 50.6 Å². The molecule has 25 heavy (non-hydrogen) atoms. The van der Waals surface area contributed by atoms with Crippen LogP contribution in [0.1, 0.15) is 44.7 Å². The lowest BCUT2D eigenvalue weighted by atomic mass is 9.87. The predicted octanol–water partition coefficient (Wildman–Crippen LogP) is 5.74. The van der Waals surface area contributed by atoms with Gasteiger partial charge < -0.3 is 10.1 Å². The molecule has 0 radical (unpaired) electrons. The first-order valence-electron chi connectivity index (χ1n) is 8.55. The van der Waals surface area contributed by atoms with E-state index in [1.54, 1.807) is 0 Å². The molecular formula is C21H26ClNO2. The van der Waals surface area contributed by atoms with Gasteiger partial charge in [0.1, 0.15) is 5.75 Å². The Balaban J connectivity index is 1.74. The average Bonchev–Trinajstić information content (AvgIpc) is 2.54. The summed E-state index contributed by atoms with van der Waals surface area (Å²) in [5.74, 6) is 0.771. The third kappa shape index (κ3) is 6.09. The SMILES string of the molecule is Cc1ccc(NC(=O)CCCOc2ccc(C(C)(C)C)cc2)c(Cl)c1. The van der Waals surface area contributed by atoms with E-state index in [1.165, 1.54) is 5.56 Å². The fourth-order valence-corrected chi connectivity index (χ4v) is 2.69. The van der Waals surface area contributed by atoms with Crippen LogP contribution in [0.25, 0.3) is 0 Å². The first-order chi connectivity index (χ1) is 11.8. The number of nitrogens with one attached hydrogen (secondary N) is 1. The zero-order chi connectivity index (χ0) is 18.4. The molecule has 2 rings (SSSR count). The van der Waals surface area contributed by atoms with Crippen molar-refractivity contribution in [2.75, 3.05) is 11.9 Å². The number of hydrogen-bond acceptors (Lipinski definition) is 2. The number of ether oxygens (including phenoxy) is 1. The van der Waals surface area contributed by atoms with E-state index in [1.807, 2.05) is 37.3 Å². The molecule has 0 heterocycles. The lowest BCUT2D eigenvalue weighted by molar-refractivity contribution is -0.116. The maximum atomic E-state index is 12.0. The first-order valence-corrected chi connectivity index (χ1v) is 8.93. The van der Waals surface area contributed by atoms with E-state index in [0.717, 1.165) is 11.3 Å². The van der Waals surface area contributed by atoms with E-state index < -0.39 is 0 Å². The van der Waals surface area contributed by atoms with E-state index in [2.05, 4.69) is 38.2 Å². The molecule has 0 atom stereocenters. The van der Waals surface area contributed by atoms with Crippen LogP contribution in [0.2, 0.25) is 5.02 Å². The Kier molecular flexibility index (Phi) is 6.49. The lowest BCUT2D eigenvalue weighted by Crippen LogP contribution is -2.13. The molecule has 0 aromatic heterocycles. The summed E-state index contributed by atoms with van der Waals surface area (Å²) in [7, 11) is 0. The van der Waals surface area contributed by atoms with Gasteiger partial charge >= 0.3 is 0 Å². The highest BCUT2D eigenvalue weighted by molar-refractivity contribution is 6.33. The van der Waals surface area contributed by atoms with Gasteiger partial charge in [0.05, 0.1) is 17.3 Å². The quantitative estimate of drug-likeness (QED) is 0.667. The third-order valence-corrected chi connectivity index (χ3v) is 4.25. The smallest absolute Gasteiger partial charge is 0.224 e. The average molecular weight is 360 g/mol. The highest BCUT2D eigenvalue weighted by Crippen LogP contribution is 2.25. The Morgan fingerprint density at radius 2 is 1.80 bits per heavy atom. The van der Waals surface area contributed by atoms with Gasteiger partial charge in [-0.2, -0.15) is 0 Å². The molecule has 0 aliphatic heterocycles. The molecule has 0 aliphatic rings. The molecule has 1 N–H and O–H groups in total. The molecule has 0 saturated carbocycles. The fraction of sp³-hybridized carbons (Fsp3) is 0.381. The first kappa shape index (κ1) is 19.3. The number of hydrogen-bond donors (Lipinski definition) is 1. The molecule has 0 spiro atoms. The van der Waals surface area contributed by atoms with Crippen LogP contribution >= 0.6 is 11.6 Å². The Morgan fingerprint density at radius 1 is 1.12 bits per heavy atom. The lowest BCUT2D eigenvalue weighted by Gasteiger charge is -2.19. The molecule has 0 saturated heterocycles. The maximum Gasteiger partial charge on any atom is 0.224 e. The number of halogens is 1. The van der Waals surface area contributed by atoms with E-state index in [-0.39, 0.29) is 11.3 Å². The summed E-state index contributed by atoms with van der Waals surface area (Å²) in [6.07, 6.45) is 1.04. The van der Waals surface area contributed by atoms with Gasteiger partial charge in [0, 0.05) is 6.42 Å². The van der Waals surface area contributed by atoms with Crippen molar-refractivity contribution >= 4 is 23.2 Å². The van der Waals surface area contributed by atoms with Crippen LogP contribution in [0.4, 0.5) is 5.69 Å². The summed E-state index contributed by atoms with van der Waals surface area (Å²) in [6.45, 7) is 9.01. The van der Waals surface area contributed by atoms with Gasteiger partial charge in [-0.3, -0.25) is 4.79 Å². The van der Waals surface area contributed by atoms with Crippen LogP contribution in [0.5, 0.6) is 5.75 Å². The Bertz CT molecular complexity index is 718. The van der Waals surface area contributed by atoms with Crippen LogP contribution in [0.15, 0.2) is 42.5 Å². The summed E-state index contributed by atoms with van der Waals surface area (Å²) in [6, 6.07) is 13.7. The summed E-state index contributed by atoms with van der Waals surface area (Å²) in [5.41, 5.74) is 3.12. The monoisotopic (exact) mass is 359 g/mol. The molecule has 2 aromatic carbocycles. The Morgan fingerprint density at radius 3 is 2.40 bits per heavy atom. The number of rotatable bonds is 6. The van der Waals surface area contributed by atoms with Gasteiger partial charge in [0.15, 0.2) is 0 Å². The van der Waals surface area contributed by atoms with Crippen molar-refractivity contribution in [3.8, 4) is 5.75 Å². The van der Waals surface area contributed by atoms with E-state index in [9.17, 15) is 4.79 Å². The molecular weight excluding hydrogens is 334 g/mol. The minimum Gasteiger partial charge on any atom is -0.494 e. The molecule has 0 aliphatic carbocycles. The van der Waals surface area contributed by atoms with Gasteiger partial charge in [-0.25, -0.2) is 0 Å². The second-order valence-corrected chi connectivity index (χ2v) is 7.67. The zero-order valence-electron chi connectivity index (χ0n) is 15.4. The molecule has 134 valence electrons. The van der Waals surface area contributed by atoms with Gasteiger partial charge in [0.2, 0.25) is 5.91 Å². The van der Waals surface area contributed by atoms with Crippen molar-refractivity contribution in [1.29, 1.82) is 0 Å². The van der Waals surface area contributed by atoms with Gasteiger partial charge in [-0.15, -0.1) is 0 Å². The molecule has 0 bridgehead atoms. The number of amides is 1. The molecule has 4 heteroatoms. The van der Waals surface area contributed by atoms with Crippen molar-refractivity contribution in [3.05, 3.63) is 58.6 Å². The number of carbonyl (C=O) groups excluding carboxylic acids is 1. The number of aryl methyl sites for hydroxylation is 1. The Hall–Kier alpha value is -2.00. The third-order valence-electron chi connectivity index (χ3n) is 3.94. The highest BCUT2D eigenvalue weighted by atomic mass is 35.5. The van der Waals surface area contributed by atoms with Crippen molar-refractivity contribution in [2.24, 2.45) is 0 Å². The number of carbonyl (C=O) groups is 1. The van der Waals surface area contributed by atoms with Crippen LogP contribution < -0.4 is 10.1 Å². The molecule has 1 amide bonds. The van der Waals surface area contributed by atoms with Crippen molar-refractivity contribution in [1.82, 2.24) is 0 Å². The summed E-state index contributed by atoms with van der Waals surface area (Å²) in [4.78, 5) is 12.0. The highest BCUT2D eigenvalue weighted by Gasteiger charge is 2.13. The Labute approximate surface area is 155 Å². The summed E-state index contributed by atoms with van der Waals surface area (Å²) in [5, 5.41) is 3.39. The fourth-order valence-electron chi connectivity index (χ4n) is 2.41. The molecule has 2 aromatic rings. The van der Waals surface area contributed by atoms with Crippen molar-refractivity contribution in [2.45, 2.75) is 46.0 Å². The van der Waals surface area contributed by atoms with Gasteiger partial charge in [0.25, 0.3) is 0 Å². The summed E-state index contributed by atoms with van der Waals surface area (Å²) >= 11 is 6.12. The van der Waals surface area contributed by atoms with Crippen LogP contribution in [-0.4, -0.2) is 12.5 Å². The topological polar surface area (TPSA) is 38.3 Å². The molecule has 0 fully saturated rings. The zero-order valence-corrected chi connectivity index (χ0v) is 16.1. The second-order valence-electron chi connectivity index (χ2n) is 7.26. The molecule has 3 nitrogen and oxygen atoms in total. The molecule has 0 unspecified atom stereocenters. The number of benzene rings is 2. The van der Waals surface area contributed by atoms with Crippen LogP contribution in [0.3, 0.4) is 0 Å². The normalized spacial score (nSPS) is 11.2. The van der Waals surface area contributed by atoms with E-state index in [0.29, 0.717) is 30.2 Å². The summed E-state index contributed by atoms with van der Waals surface area (Å²) < 4.78 is 5.71. The largest absolute Gasteiger partial charge is 0.494 e. The van der Waals surface area contributed by atoms with Crippen molar-refractivity contribution in [3.63, 3.8) is 0 Å². The van der Waals surface area contributed by atoms with Gasteiger partial charge in [-0.05, 0) is 54.2 Å². The second kappa shape index (κ2) is 8.39. The minimum atomic E-state index is -0.0579. The number of anilines is 1.